The molecule has 0 aliphatic carbocycles. The minimum atomic E-state index is -4.43. The van der Waals surface area contributed by atoms with E-state index < -0.39 is 11.9 Å². The average molecular weight is 260 g/mol. The first-order valence-corrected chi connectivity index (χ1v) is 5.86. The Bertz CT molecular complexity index is 408. The Kier molecular flexibility index (Phi) is 3.70. The molecule has 18 heavy (non-hydrogen) atoms. The van der Waals surface area contributed by atoms with Crippen molar-refractivity contribution < 1.29 is 13.2 Å². The summed E-state index contributed by atoms with van der Waals surface area (Å²) in [4.78, 5) is 9.28. The van der Waals surface area contributed by atoms with Gasteiger partial charge in [0.05, 0.1) is 0 Å². The van der Waals surface area contributed by atoms with Crippen molar-refractivity contribution in [3.8, 4) is 0 Å². The van der Waals surface area contributed by atoms with Crippen molar-refractivity contribution in [2.24, 2.45) is 11.7 Å². The van der Waals surface area contributed by atoms with E-state index >= 15 is 0 Å². The summed E-state index contributed by atoms with van der Waals surface area (Å²) in [5, 5.41) is 0. The second-order valence-corrected chi connectivity index (χ2v) is 4.43. The summed E-state index contributed by atoms with van der Waals surface area (Å²) in [6.45, 7) is 1.84. The predicted octanol–water partition coefficient (Wildman–Crippen LogP) is 1.67. The van der Waals surface area contributed by atoms with Crippen LogP contribution in [0.25, 0.3) is 0 Å². The molecule has 1 atom stereocenters. The molecular weight excluding hydrogens is 245 g/mol. The van der Waals surface area contributed by atoms with Crippen LogP contribution in [0.15, 0.2) is 12.3 Å². The maximum Gasteiger partial charge on any atom is 0.433 e. The van der Waals surface area contributed by atoms with Crippen LogP contribution in [0.3, 0.4) is 0 Å². The summed E-state index contributed by atoms with van der Waals surface area (Å²) in [5.41, 5.74) is 4.69. The predicted molar refractivity (Wildman–Crippen MR) is 61.0 cm³/mol. The second-order valence-electron chi connectivity index (χ2n) is 4.43. The Labute approximate surface area is 103 Å². The first-order valence-electron chi connectivity index (χ1n) is 5.86. The van der Waals surface area contributed by atoms with Gasteiger partial charge in [-0.1, -0.05) is 0 Å². The molecule has 4 nitrogen and oxygen atoms in total. The fraction of sp³-hybridized carbons (Fsp3) is 0.636. The highest BCUT2D eigenvalue weighted by Crippen LogP contribution is 2.28. The molecule has 1 unspecified atom stereocenters. The van der Waals surface area contributed by atoms with Crippen LogP contribution in [0.1, 0.15) is 18.5 Å². The Morgan fingerprint density at radius 1 is 1.44 bits per heavy atom. The quantitative estimate of drug-likeness (QED) is 0.878. The zero-order valence-electron chi connectivity index (χ0n) is 9.82. The summed E-state index contributed by atoms with van der Waals surface area (Å²) in [6, 6.07) is 0.883. The monoisotopic (exact) mass is 260 g/mol. The lowest BCUT2D eigenvalue weighted by Gasteiger charge is -2.32. The van der Waals surface area contributed by atoms with E-state index in [9.17, 15) is 13.2 Å². The largest absolute Gasteiger partial charge is 0.433 e. The molecule has 1 aromatic rings. The summed E-state index contributed by atoms with van der Waals surface area (Å²) in [6.07, 6.45) is -1.37. The lowest BCUT2D eigenvalue weighted by molar-refractivity contribution is -0.141. The van der Waals surface area contributed by atoms with Crippen LogP contribution in [-0.4, -0.2) is 29.6 Å². The fourth-order valence-corrected chi connectivity index (χ4v) is 2.10. The summed E-state index contributed by atoms with van der Waals surface area (Å²) in [5.74, 6) is 0.444. The van der Waals surface area contributed by atoms with E-state index in [1.165, 1.54) is 0 Å². The summed E-state index contributed by atoms with van der Waals surface area (Å²) < 4.78 is 37.6. The maximum atomic E-state index is 12.5. The molecule has 1 fully saturated rings. The van der Waals surface area contributed by atoms with Gasteiger partial charge in [0.1, 0.15) is 5.69 Å². The first kappa shape index (κ1) is 13.1. The second kappa shape index (κ2) is 5.09. The van der Waals surface area contributed by atoms with Crippen LogP contribution >= 0.6 is 0 Å². The number of hydrogen-bond acceptors (Lipinski definition) is 4. The van der Waals surface area contributed by atoms with E-state index in [1.807, 2.05) is 0 Å². The normalized spacial score (nSPS) is 21.1. The van der Waals surface area contributed by atoms with Gasteiger partial charge in [0.2, 0.25) is 5.95 Å². The zero-order valence-corrected chi connectivity index (χ0v) is 9.82. The molecule has 7 heteroatoms. The first-order chi connectivity index (χ1) is 8.50. The van der Waals surface area contributed by atoms with E-state index in [2.05, 4.69) is 9.97 Å². The number of alkyl halides is 3. The van der Waals surface area contributed by atoms with E-state index in [0.29, 0.717) is 25.6 Å². The van der Waals surface area contributed by atoms with Gasteiger partial charge in [0.25, 0.3) is 0 Å². The van der Waals surface area contributed by atoms with Gasteiger partial charge in [-0.3, -0.25) is 0 Å². The van der Waals surface area contributed by atoms with Crippen molar-refractivity contribution in [2.75, 3.05) is 24.5 Å². The van der Waals surface area contributed by atoms with Gasteiger partial charge in [0, 0.05) is 19.3 Å². The highest BCUT2D eigenvalue weighted by atomic mass is 19.4. The van der Waals surface area contributed by atoms with E-state index in [4.69, 9.17) is 5.73 Å². The van der Waals surface area contributed by atoms with Crippen LogP contribution in [0.2, 0.25) is 0 Å². The molecular formula is C11H15F3N4. The molecule has 0 saturated carbocycles. The van der Waals surface area contributed by atoms with Gasteiger partial charge in [0.15, 0.2) is 0 Å². The third-order valence-electron chi connectivity index (χ3n) is 3.07. The fourth-order valence-electron chi connectivity index (χ4n) is 2.10. The number of anilines is 1. The molecule has 1 aliphatic heterocycles. The number of rotatable bonds is 2. The van der Waals surface area contributed by atoms with Crippen LogP contribution in [-0.2, 0) is 6.18 Å². The zero-order chi connectivity index (χ0) is 13.2. The molecule has 0 aromatic carbocycles. The highest BCUT2D eigenvalue weighted by molar-refractivity contribution is 5.31. The third-order valence-corrected chi connectivity index (χ3v) is 3.07. The molecule has 0 spiro atoms. The molecule has 2 N–H and O–H groups in total. The molecule has 0 radical (unpaired) electrons. The Balaban J connectivity index is 2.18. The van der Waals surface area contributed by atoms with Crippen LogP contribution in [0.4, 0.5) is 19.1 Å². The van der Waals surface area contributed by atoms with Crippen molar-refractivity contribution in [2.45, 2.75) is 19.0 Å². The molecule has 0 bridgehead atoms. The number of aromatic nitrogens is 2. The molecule has 100 valence electrons. The Morgan fingerprint density at radius 2 is 2.22 bits per heavy atom. The minimum Gasteiger partial charge on any atom is -0.340 e. The lowest BCUT2D eigenvalue weighted by atomic mass is 9.99. The number of halogens is 3. The molecule has 1 aliphatic rings. The third kappa shape index (κ3) is 2.90. The van der Waals surface area contributed by atoms with Gasteiger partial charge in [-0.05, 0) is 31.4 Å². The maximum absolute atomic E-state index is 12.5. The Morgan fingerprint density at radius 3 is 2.89 bits per heavy atom. The standard InChI is InChI=1S/C11H15F3N4/c12-11(13,14)9-3-4-16-10(17-9)18-5-1-2-8(6-15)7-18/h3-4,8H,1-2,5-7,15H2. The van der Waals surface area contributed by atoms with Gasteiger partial charge >= 0.3 is 6.18 Å². The molecule has 0 amide bonds. The number of hydrogen-bond donors (Lipinski definition) is 1. The SMILES string of the molecule is NCC1CCCN(c2nccc(C(F)(F)F)n2)C1. The number of nitrogens with two attached hydrogens (primary N) is 1. The van der Waals surface area contributed by atoms with Crippen molar-refractivity contribution >= 4 is 5.95 Å². The smallest absolute Gasteiger partial charge is 0.340 e. The highest BCUT2D eigenvalue weighted by Gasteiger charge is 2.33. The average Bonchev–Trinajstić information content (AvgIpc) is 2.38. The lowest BCUT2D eigenvalue weighted by Crippen LogP contribution is -2.39. The van der Waals surface area contributed by atoms with Crippen molar-refractivity contribution in [3.63, 3.8) is 0 Å². The van der Waals surface area contributed by atoms with E-state index in [0.717, 1.165) is 25.1 Å². The topological polar surface area (TPSA) is 55.0 Å². The van der Waals surface area contributed by atoms with Gasteiger partial charge < -0.3 is 10.6 Å². The minimum absolute atomic E-state index is 0.142. The Hall–Kier alpha value is -1.37. The molecule has 1 saturated heterocycles. The number of nitrogens with zero attached hydrogens (tertiary/aromatic N) is 3. The van der Waals surface area contributed by atoms with Crippen molar-refractivity contribution in [1.29, 1.82) is 0 Å². The van der Waals surface area contributed by atoms with E-state index in [-0.39, 0.29) is 5.95 Å². The van der Waals surface area contributed by atoms with Gasteiger partial charge in [-0.2, -0.15) is 13.2 Å². The van der Waals surface area contributed by atoms with Crippen LogP contribution < -0.4 is 10.6 Å². The van der Waals surface area contributed by atoms with Crippen LogP contribution in [0, 0.1) is 5.92 Å². The summed E-state index contributed by atoms with van der Waals surface area (Å²) >= 11 is 0. The van der Waals surface area contributed by atoms with Crippen LogP contribution in [0.5, 0.6) is 0 Å². The van der Waals surface area contributed by atoms with Crippen molar-refractivity contribution in [3.05, 3.63) is 18.0 Å². The van der Waals surface area contributed by atoms with Gasteiger partial charge in [-0.25, -0.2) is 9.97 Å². The van der Waals surface area contributed by atoms with Gasteiger partial charge in [-0.15, -0.1) is 0 Å². The summed E-state index contributed by atoms with van der Waals surface area (Å²) in [7, 11) is 0. The molecule has 2 heterocycles. The van der Waals surface area contributed by atoms with E-state index in [1.54, 1.807) is 4.90 Å². The molecule has 1 aromatic heterocycles. The van der Waals surface area contributed by atoms with Crippen molar-refractivity contribution in [1.82, 2.24) is 9.97 Å². The molecule has 2 rings (SSSR count). The number of piperidine rings is 1.